The molecule has 3 aromatic rings. The number of β-amino-alcohol motifs (C(OH)–C–C–N with tert-alkyl or cyclic N) is 1. The maximum atomic E-state index is 11.2. The zero-order chi connectivity index (χ0) is 19.8. The molecule has 1 fully saturated rings. The molecular weight excluding hydrogens is 342 g/mol. The number of aliphatic hydroxyl groups is 1. The molecule has 4 rings (SSSR count). The summed E-state index contributed by atoms with van der Waals surface area (Å²) in [4.78, 5) is 2.36. The van der Waals surface area contributed by atoms with Crippen molar-refractivity contribution in [3.63, 3.8) is 0 Å². The molecule has 0 saturated carbocycles. The molecule has 1 aliphatic heterocycles. The summed E-state index contributed by atoms with van der Waals surface area (Å²) in [6.07, 6.45) is 0. The third-order valence-electron chi connectivity index (χ3n) is 5.81. The van der Waals surface area contributed by atoms with Crippen LogP contribution in [0, 0.1) is 0 Å². The predicted molar refractivity (Wildman–Crippen MR) is 115 cm³/mol. The van der Waals surface area contributed by atoms with Crippen LogP contribution in [-0.4, -0.2) is 23.1 Å². The number of nitrogens with zero attached hydrogens (tertiary/aromatic N) is 1. The molecule has 0 radical (unpaired) electrons. The molecule has 0 amide bonds. The normalized spacial score (nSPS) is 16.8. The second-order valence-electron chi connectivity index (χ2n) is 8.99. The maximum absolute atomic E-state index is 11.2. The van der Waals surface area contributed by atoms with Gasteiger partial charge in [0.15, 0.2) is 0 Å². The first kappa shape index (κ1) is 18.9. The van der Waals surface area contributed by atoms with E-state index in [0.29, 0.717) is 13.1 Å². The van der Waals surface area contributed by atoms with Gasteiger partial charge in [-0.3, -0.25) is 4.90 Å². The van der Waals surface area contributed by atoms with E-state index in [1.807, 2.05) is 0 Å². The van der Waals surface area contributed by atoms with Gasteiger partial charge in [-0.1, -0.05) is 106 Å². The van der Waals surface area contributed by atoms with E-state index in [4.69, 9.17) is 0 Å². The van der Waals surface area contributed by atoms with Crippen LogP contribution in [0.25, 0.3) is 0 Å². The number of hydrogen-bond acceptors (Lipinski definition) is 2. The van der Waals surface area contributed by atoms with Crippen LogP contribution in [0.1, 0.15) is 49.1 Å². The average Bonchev–Trinajstić information content (AvgIpc) is 2.68. The van der Waals surface area contributed by atoms with Gasteiger partial charge in [-0.2, -0.15) is 0 Å². The summed E-state index contributed by atoms with van der Waals surface area (Å²) >= 11 is 0. The van der Waals surface area contributed by atoms with Crippen LogP contribution in [0.4, 0.5) is 0 Å². The minimum atomic E-state index is -0.780. The number of rotatable bonds is 4. The molecule has 0 spiro atoms. The van der Waals surface area contributed by atoms with Crippen LogP contribution in [0.3, 0.4) is 0 Å². The highest BCUT2D eigenvalue weighted by Gasteiger charge is 2.46. The molecule has 2 heteroatoms. The summed E-state index contributed by atoms with van der Waals surface area (Å²) in [6.45, 7) is 7.91. The van der Waals surface area contributed by atoms with Gasteiger partial charge in [-0.25, -0.2) is 0 Å². The number of likely N-dealkylation sites (tertiary alicyclic amines) is 1. The molecule has 0 unspecified atom stereocenters. The van der Waals surface area contributed by atoms with Crippen LogP contribution in [0.2, 0.25) is 0 Å². The van der Waals surface area contributed by atoms with E-state index < -0.39 is 5.60 Å². The Hall–Kier alpha value is -2.42. The molecule has 144 valence electrons. The first-order valence-corrected chi connectivity index (χ1v) is 10.0. The van der Waals surface area contributed by atoms with Crippen molar-refractivity contribution in [1.29, 1.82) is 0 Å². The molecule has 1 heterocycles. The molecule has 3 aromatic carbocycles. The van der Waals surface area contributed by atoms with Gasteiger partial charge < -0.3 is 5.11 Å². The Kier molecular flexibility index (Phi) is 4.86. The van der Waals surface area contributed by atoms with Crippen LogP contribution in [-0.2, 0) is 11.0 Å². The Balaban J connectivity index is 1.57. The lowest BCUT2D eigenvalue weighted by molar-refractivity contribution is -0.116. The van der Waals surface area contributed by atoms with Gasteiger partial charge >= 0.3 is 0 Å². The summed E-state index contributed by atoms with van der Waals surface area (Å²) in [6, 6.07) is 29.8. The lowest BCUT2D eigenvalue weighted by Gasteiger charge is -2.50. The molecule has 0 atom stereocenters. The Morgan fingerprint density at radius 3 is 1.64 bits per heavy atom. The van der Waals surface area contributed by atoms with Crippen molar-refractivity contribution in [3.05, 3.63) is 107 Å². The Bertz CT molecular complexity index is 865. The molecule has 2 nitrogen and oxygen atoms in total. The SMILES string of the molecule is CC(C)(C)c1ccc(C2(O)CN(C(c3ccccc3)c3ccccc3)C2)cc1. The van der Waals surface area contributed by atoms with Crippen molar-refractivity contribution in [1.82, 2.24) is 4.90 Å². The summed E-state index contributed by atoms with van der Waals surface area (Å²) in [5.74, 6) is 0. The quantitative estimate of drug-likeness (QED) is 0.675. The van der Waals surface area contributed by atoms with Gasteiger partial charge in [-0.05, 0) is 27.7 Å². The van der Waals surface area contributed by atoms with Crippen molar-refractivity contribution < 1.29 is 5.11 Å². The number of benzene rings is 3. The van der Waals surface area contributed by atoms with Crippen molar-refractivity contribution in [2.24, 2.45) is 0 Å². The zero-order valence-corrected chi connectivity index (χ0v) is 17.0. The molecule has 0 bridgehead atoms. The van der Waals surface area contributed by atoms with Crippen molar-refractivity contribution in [3.8, 4) is 0 Å². The fraction of sp³-hybridized carbons (Fsp3) is 0.308. The summed E-state index contributed by atoms with van der Waals surface area (Å²) < 4.78 is 0. The van der Waals surface area contributed by atoms with Gasteiger partial charge in [0.25, 0.3) is 0 Å². The van der Waals surface area contributed by atoms with Crippen LogP contribution in [0.5, 0.6) is 0 Å². The van der Waals surface area contributed by atoms with Gasteiger partial charge in [-0.15, -0.1) is 0 Å². The molecule has 1 aliphatic rings. The first-order valence-electron chi connectivity index (χ1n) is 10.0. The molecule has 1 N–H and O–H groups in total. The smallest absolute Gasteiger partial charge is 0.115 e. The van der Waals surface area contributed by atoms with Gasteiger partial charge in [0.1, 0.15) is 5.60 Å². The van der Waals surface area contributed by atoms with E-state index in [1.54, 1.807) is 0 Å². The van der Waals surface area contributed by atoms with E-state index >= 15 is 0 Å². The van der Waals surface area contributed by atoms with Crippen molar-refractivity contribution in [2.45, 2.75) is 37.8 Å². The van der Waals surface area contributed by atoms with E-state index in [0.717, 1.165) is 5.56 Å². The monoisotopic (exact) mass is 371 g/mol. The minimum absolute atomic E-state index is 0.124. The topological polar surface area (TPSA) is 23.5 Å². The standard InChI is InChI=1S/C26H29NO/c1-25(2,3)22-14-16-23(17-15-22)26(28)18-27(19-26)24(20-10-6-4-7-11-20)21-12-8-5-9-13-21/h4-17,24,28H,18-19H2,1-3H3. The van der Waals surface area contributed by atoms with Crippen LogP contribution < -0.4 is 0 Å². The van der Waals surface area contributed by atoms with Crippen LogP contribution >= 0.6 is 0 Å². The summed E-state index contributed by atoms with van der Waals surface area (Å²) in [7, 11) is 0. The van der Waals surface area contributed by atoms with Gasteiger partial charge in [0.2, 0.25) is 0 Å². The van der Waals surface area contributed by atoms with Gasteiger partial charge in [0, 0.05) is 13.1 Å². The highest BCUT2D eigenvalue weighted by molar-refractivity contribution is 5.36. The molecular formula is C26H29NO. The van der Waals surface area contributed by atoms with Gasteiger partial charge in [0.05, 0.1) is 6.04 Å². The fourth-order valence-electron chi connectivity index (χ4n) is 4.16. The van der Waals surface area contributed by atoms with Crippen molar-refractivity contribution in [2.75, 3.05) is 13.1 Å². The maximum Gasteiger partial charge on any atom is 0.115 e. The highest BCUT2D eigenvalue weighted by Crippen LogP contribution is 2.40. The molecule has 28 heavy (non-hydrogen) atoms. The minimum Gasteiger partial charge on any atom is -0.382 e. The first-order chi connectivity index (χ1) is 13.4. The van der Waals surface area contributed by atoms with Crippen molar-refractivity contribution >= 4 is 0 Å². The van der Waals surface area contributed by atoms with E-state index in [-0.39, 0.29) is 11.5 Å². The Morgan fingerprint density at radius 1 is 0.750 bits per heavy atom. The lowest BCUT2D eigenvalue weighted by atomic mass is 9.80. The molecule has 0 aliphatic carbocycles. The largest absolute Gasteiger partial charge is 0.382 e. The second kappa shape index (κ2) is 7.20. The lowest BCUT2D eigenvalue weighted by Crippen LogP contribution is -2.60. The van der Waals surface area contributed by atoms with E-state index in [9.17, 15) is 5.11 Å². The summed E-state index contributed by atoms with van der Waals surface area (Å²) in [5.41, 5.74) is 4.17. The second-order valence-corrected chi connectivity index (χ2v) is 8.99. The van der Waals surface area contributed by atoms with E-state index in [1.165, 1.54) is 16.7 Å². The fourth-order valence-corrected chi connectivity index (χ4v) is 4.16. The molecule has 0 aromatic heterocycles. The predicted octanol–water partition coefficient (Wildman–Crippen LogP) is 5.28. The number of hydrogen-bond donors (Lipinski definition) is 1. The molecule has 1 saturated heterocycles. The average molecular weight is 372 g/mol. The summed E-state index contributed by atoms with van der Waals surface area (Å²) in [5, 5.41) is 11.2. The zero-order valence-electron chi connectivity index (χ0n) is 17.0. The third kappa shape index (κ3) is 3.63. The Labute approximate surface area is 168 Å². The third-order valence-corrected chi connectivity index (χ3v) is 5.81. The highest BCUT2D eigenvalue weighted by atomic mass is 16.3. The van der Waals surface area contributed by atoms with E-state index in [2.05, 4.69) is 111 Å². The Morgan fingerprint density at radius 2 is 1.21 bits per heavy atom. The van der Waals surface area contributed by atoms with Crippen LogP contribution in [0.15, 0.2) is 84.9 Å².